The second-order valence-corrected chi connectivity index (χ2v) is 3.08. The molecular formula is C8H8ClNO3. The number of carboxylic acids is 1. The van der Waals surface area contributed by atoms with Crippen molar-refractivity contribution in [3.8, 4) is 0 Å². The van der Waals surface area contributed by atoms with Crippen LogP contribution in [0.2, 0.25) is 5.02 Å². The lowest BCUT2D eigenvalue weighted by molar-refractivity contribution is 0.0696. The van der Waals surface area contributed by atoms with Crippen LogP contribution in [0.25, 0.3) is 0 Å². The van der Waals surface area contributed by atoms with Gasteiger partial charge in [0.2, 0.25) is 0 Å². The van der Waals surface area contributed by atoms with Crippen LogP contribution in [0.15, 0.2) is 11.0 Å². The minimum absolute atomic E-state index is 0.00981. The van der Waals surface area contributed by atoms with Crippen LogP contribution in [-0.4, -0.2) is 15.6 Å². The highest BCUT2D eigenvalue weighted by atomic mass is 35.5. The van der Waals surface area contributed by atoms with Crippen LogP contribution in [0.5, 0.6) is 0 Å². The molecule has 13 heavy (non-hydrogen) atoms. The van der Waals surface area contributed by atoms with Crippen molar-refractivity contribution >= 4 is 17.6 Å². The summed E-state index contributed by atoms with van der Waals surface area (Å²) >= 11 is 5.67. The molecule has 0 fully saturated rings. The van der Waals surface area contributed by atoms with Gasteiger partial charge in [0, 0.05) is 18.8 Å². The van der Waals surface area contributed by atoms with E-state index < -0.39 is 5.97 Å². The molecule has 4 nitrogen and oxygen atoms in total. The predicted octanol–water partition coefficient (Wildman–Crippen LogP) is 1.05. The van der Waals surface area contributed by atoms with Gasteiger partial charge in [-0.2, -0.15) is 0 Å². The molecule has 0 amide bonds. The van der Waals surface area contributed by atoms with Gasteiger partial charge in [-0.3, -0.25) is 4.79 Å². The van der Waals surface area contributed by atoms with Crippen molar-refractivity contribution in [3.63, 3.8) is 0 Å². The summed E-state index contributed by atoms with van der Waals surface area (Å²) in [5.41, 5.74) is -0.0830. The Kier molecular flexibility index (Phi) is 2.43. The molecule has 0 saturated carbocycles. The molecule has 0 saturated heterocycles. The van der Waals surface area contributed by atoms with Crippen molar-refractivity contribution in [3.05, 3.63) is 32.7 Å². The summed E-state index contributed by atoms with van der Waals surface area (Å²) in [5.74, 6) is -1.14. The molecule has 1 heterocycles. The van der Waals surface area contributed by atoms with Gasteiger partial charge in [-0.25, -0.2) is 4.79 Å². The van der Waals surface area contributed by atoms with Crippen molar-refractivity contribution in [2.45, 2.75) is 6.92 Å². The average Bonchev–Trinajstić information content (AvgIpc) is 2.07. The summed E-state index contributed by atoms with van der Waals surface area (Å²) in [5, 5.41) is 8.72. The van der Waals surface area contributed by atoms with Gasteiger partial charge in [0.25, 0.3) is 5.56 Å². The van der Waals surface area contributed by atoms with E-state index in [0.717, 1.165) is 0 Å². The molecular weight excluding hydrogens is 194 g/mol. The maximum absolute atomic E-state index is 11.2. The first-order chi connectivity index (χ1) is 5.95. The van der Waals surface area contributed by atoms with E-state index >= 15 is 0 Å². The molecule has 1 N–H and O–H groups in total. The maximum atomic E-state index is 11.2. The van der Waals surface area contributed by atoms with Crippen LogP contribution in [-0.2, 0) is 7.05 Å². The normalized spacial score (nSPS) is 10.1. The van der Waals surface area contributed by atoms with Crippen LogP contribution in [0, 0.1) is 6.92 Å². The molecule has 0 aliphatic heterocycles. The van der Waals surface area contributed by atoms with Gasteiger partial charge in [-0.05, 0) is 6.92 Å². The summed E-state index contributed by atoms with van der Waals surface area (Å²) in [6.07, 6.45) is 1.21. The Labute approximate surface area is 79.4 Å². The van der Waals surface area contributed by atoms with E-state index in [-0.39, 0.29) is 21.7 Å². The minimum Gasteiger partial charge on any atom is -0.478 e. The molecule has 0 radical (unpaired) electrons. The number of aryl methyl sites for hydroxylation is 1. The van der Waals surface area contributed by atoms with E-state index in [1.165, 1.54) is 24.7 Å². The van der Waals surface area contributed by atoms with E-state index in [0.29, 0.717) is 0 Å². The molecule has 5 heteroatoms. The van der Waals surface area contributed by atoms with Crippen LogP contribution in [0.3, 0.4) is 0 Å². The van der Waals surface area contributed by atoms with Crippen LogP contribution < -0.4 is 5.56 Å². The number of pyridine rings is 1. The molecule has 1 rings (SSSR count). The van der Waals surface area contributed by atoms with Gasteiger partial charge in [-0.15, -0.1) is 0 Å². The topological polar surface area (TPSA) is 59.3 Å². The zero-order chi connectivity index (χ0) is 10.2. The summed E-state index contributed by atoms with van der Waals surface area (Å²) in [4.78, 5) is 21.9. The first-order valence-corrected chi connectivity index (χ1v) is 3.92. The summed E-state index contributed by atoms with van der Waals surface area (Å²) < 4.78 is 1.20. The van der Waals surface area contributed by atoms with E-state index in [1.54, 1.807) is 0 Å². The van der Waals surface area contributed by atoms with Crippen molar-refractivity contribution in [1.82, 2.24) is 4.57 Å². The fourth-order valence-electron chi connectivity index (χ4n) is 1.02. The van der Waals surface area contributed by atoms with Crippen molar-refractivity contribution < 1.29 is 9.90 Å². The Balaban J connectivity index is 3.60. The Morgan fingerprint density at radius 3 is 2.62 bits per heavy atom. The smallest absolute Gasteiger partial charge is 0.338 e. The quantitative estimate of drug-likeness (QED) is 0.739. The molecule has 0 spiro atoms. The number of hydrogen-bond acceptors (Lipinski definition) is 2. The summed E-state index contributed by atoms with van der Waals surface area (Å²) in [6.45, 7) is 1.50. The second-order valence-electron chi connectivity index (χ2n) is 2.70. The van der Waals surface area contributed by atoms with Crippen LogP contribution in [0.4, 0.5) is 0 Å². The van der Waals surface area contributed by atoms with Crippen LogP contribution >= 0.6 is 11.6 Å². The minimum atomic E-state index is -1.14. The van der Waals surface area contributed by atoms with Crippen molar-refractivity contribution in [2.75, 3.05) is 0 Å². The second kappa shape index (κ2) is 3.22. The van der Waals surface area contributed by atoms with E-state index in [2.05, 4.69) is 0 Å². The van der Waals surface area contributed by atoms with E-state index in [1.807, 2.05) is 0 Å². The third-order valence-electron chi connectivity index (χ3n) is 1.76. The lowest BCUT2D eigenvalue weighted by atomic mass is 10.2. The number of halogens is 1. The number of carbonyl (C=O) groups is 1. The standard InChI is InChI=1S/C8H8ClNO3/c1-4-6(9)5(8(12)13)3-10(2)7(4)11/h3H,1-2H3,(H,12,13). The Morgan fingerprint density at radius 1 is 1.62 bits per heavy atom. The molecule has 0 unspecified atom stereocenters. The number of aromatic carboxylic acids is 1. The first-order valence-electron chi connectivity index (χ1n) is 3.54. The van der Waals surface area contributed by atoms with Gasteiger partial charge < -0.3 is 9.67 Å². The fraction of sp³-hybridized carbons (Fsp3) is 0.250. The molecule has 70 valence electrons. The number of hydrogen-bond donors (Lipinski definition) is 1. The largest absolute Gasteiger partial charge is 0.478 e. The third-order valence-corrected chi connectivity index (χ3v) is 2.25. The highest BCUT2D eigenvalue weighted by Crippen LogP contribution is 2.16. The lowest BCUT2D eigenvalue weighted by Crippen LogP contribution is -2.21. The molecule has 0 aromatic carbocycles. The van der Waals surface area contributed by atoms with Gasteiger partial charge in [-0.1, -0.05) is 11.6 Å². The molecule has 0 aliphatic carbocycles. The number of aromatic nitrogens is 1. The maximum Gasteiger partial charge on any atom is 0.338 e. The van der Waals surface area contributed by atoms with Gasteiger partial charge in [0.15, 0.2) is 0 Å². The molecule has 0 atom stereocenters. The number of nitrogens with zero attached hydrogens (tertiary/aromatic N) is 1. The fourth-order valence-corrected chi connectivity index (χ4v) is 1.23. The monoisotopic (exact) mass is 201 g/mol. The van der Waals surface area contributed by atoms with E-state index in [9.17, 15) is 9.59 Å². The SMILES string of the molecule is Cc1c(Cl)c(C(=O)O)cn(C)c1=O. The molecule has 0 bridgehead atoms. The zero-order valence-corrected chi connectivity index (χ0v) is 7.92. The lowest BCUT2D eigenvalue weighted by Gasteiger charge is -2.04. The van der Waals surface area contributed by atoms with Crippen molar-refractivity contribution in [2.24, 2.45) is 7.05 Å². The van der Waals surface area contributed by atoms with Crippen LogP contribution in [0.1, 0.15) is 15.9 Å². The highest BCUT2D eigenvalue weighted by Gasteiger charge is 2.13. The summed E-state index contributed by atoms with van der Waals surface area (Å²) in [6, 6.07) is 0. The number of carboxylic acid groups (broad SMARTS) is 1. The molecule has 1 aromatic heterocycles. The predicted molar refractivity (Wildman–Crippen MR) is 48.4 cm³/mol. The Hall–Kier alpha value is -1.29. The van der Waals surface area contributed by atoms with Gasteiger partial charge in [0.1, 0.15) is 0 Å². The third kappa shape index (κ3) is 1.58. The average molecular weight is 202 g/mol. The molecule has 1 aromatic rings. The van der Waals surface area contributed by atoms with E-state index in [4.69, 9.17) is 16.7 Å². The number of rotatable bonds is 1. The van der Waals surface area contributed by atoms with Crippen molar-refractivity contribution in [1.29, 1.82) is 0 Å². The molecule has 0 aliphatic rings. The van der Waals surface area contributed by atoms with Gasteiger partial charge >= 0.3 is 5.97 Å². The first kappa shape index (κ1) is 9.80. The Morgan fingerprint density at radius 2 is 2.15 bits per heavy atom. The Bertz CT molecular complexity index is 422. The summed E-state index contributed by atoms with van der Waals surface area (Å²) in [7, 11) is 1.48. The highest BCUT2D eigenvalue weighted by molar-refractivity contribution is 6.34. The zero-order valence-electron chi connectivity index (χ0n) is 7.17. The van der Waals surface area contributed by atoms with Gasteiger partial charge in [0.05, 0.1) is 10.6 Å².